The van der Waals surface area contributed by atoms with Gasteiger partial charge in [0, 0.05) is 35.4 Å². The summed E-state index contributed by atoms with van der Waals surface area (Å²) in [6.07, 6.45) is 9.45. The fraction of sp³-hybridized carbons (Fsp3) is 0.421. The second kappa shape index (κ2) is 6.04. The monoisotopic (exact) mass is 352 g/mol. The highest BCUT2D eigenvalue weighted by Gasteiger charge is 2.33. The van der Waals surface area contributed by atoms with Gasteiger partial charge in [-0.1, -0.05) is 0 Å². The van der Waals surface area contributed by atoms with Crippen LogP contribution >= 0.6 is 11.3 Å². The van der Waals surface area contributed by atoms with Crippen molar-refractivity contribution in [3.8, 4) is 11.4 Å². The number of aryl methyl sites for hydroxylation is 2. The molecule has 0 saturated heterocycles. The maximum atomic E-state index is 9.58. The molecule has 1 fully saturated rings. The van der Waals surface area contributed by atoms with Crippen molar-refractivity contribution in [2.45, 2.75) is 38.1 Å². The van der Waals surface area contributed by atoms with Gasteiger partial charge in [-0.15, -0.1) is 11.3 Å². The number of aliphatic hydroxyl groups excluding tert-OH is 1. The summed E-state index contributed by atoms with van der Waals surface area (Å²) in [5, 5.41) is 10.8. The van der Waals surface area contributed by atoms with E-state index in [1.165, 1.54) is 35.1 Å². The molecular weight excluding hydrogens is 332 g/mol. The zero-order chi connectivity index (χ0) is 16.8. The molecule has 128 valence electrons. The highest BCUT2D eigenvalue weighted by atomic mass is 32.1. The first-order valence-corrected chi connectivity index (χ1v) is 9.77. The molecule has 0 radical (unpaired) electrons. The maximum absolute atomic E-state index is 9.58. The molecule has 1 saturated carbocycles. The molecule has 0 bridgehead atoms. The Morgan fingerprint density at radius 2 is 2.16 bits per heavy atom. The van der Waals surface area contributed by atoms with E-state index in [0.29, 0.717) is 12.6 Å². The van der Waals surface area contributed by atoms with Gasteiger partial charge in [0.05, 0.1) is 12.0 Å². The van der Waals surface area contributed by atoms with Crippen LogP contribution in [-0.4, -0.2) is 39.3 Å². The van der Waals surface area contributed by atoms with E-state index in [-0.39, 0.29) is 6.61 Å². The van der Waals surface area contributed by atoms with Crippen molar-refractivity contribution < 1.29 is 5.11 Å². The summed E-state index contributed by atoms with van der Waals surface area (Å²) in [6, 6.07) is 4.43. The van der Waals surface area contributed by atoms with E-state index < -0.39 is 0 Å². The van der Waals surface area contributed by atoms with E-state index in [1.54, 1.807) is 6.20 Å². The Balaban J connectivity index is 1.74. The number of rotatable bonds is 5. The quantitative estimate of drug-likeness (QED) is 0.764. The van der Waals surface area contributed by atoms with Crippen LogP contribution in [0.2, 0.25) is 0 Å². The molecule has 3 aromatic rings. The third kappa shape index (κ3) is 2.60. The summed E-state index contributed by atoms with van der Waals surface area (Å²) in [6.45, 7) is 0.782. The van der Waals surface area contributed by atoms with E-state index in [4.69, 9.17) is 9.97 Å². The van der Waals surface area contributed by atoms with Crippen LogP contribution in [0.4, 0.5) is 5.82 Å². The molecule has 5 rings (SSSR count). The van der Waals surface area contributed by atoms with Crippen LogP contribution in [0.3, 0.4) is 0 Å². The molecule has 2 aliphatic carbocycles. The Morgan fingerprint density at radius 3 is 2.92 bits per heavy atom. The van der Waals surface area contributed by atoms with E-state index in [9.17, 15) is 5.11 Å². The first-order chi connectivity index (χ1) is 12.3. The van der Waals surface area contributed by atoms with Crippen molar-refractivity contribution in [2.75, 3.05) is 18.1 Å². The molecule has 3 heterocycles. The largest absolute Gasteiger partial charge is 0.395 e. The minimum atomic E-state index is 0.149. The van der Waals surface area contributed by atoms with E-state index in [1.807, 2.05) is 29.7 Å². The molecule has 2 aliphatic rings. The average molecular weight is 352 g/mol. The summed E-state index contributed by atoms with van der Waals surface area (Å²) < 4.78 is 0. The molecule has 0 aromatic carbocycles. The predicted octanol–water partition coefficient (Wildman–Crippen LogP) is 3.20. The minimum absolute atomic E-state index is 0.149. The lowest BCUT2D eigenvalue weighted by atomic mass is 10.1. The second-order valence-corrected chi connectivity index (χ2v) is 7.88. The molecule has 0 amide bonds. The van der Waals surface area contributed by atoms with Gasteiger partial charge in [-0.25, -0.2) is 9.97 Å². The summed E-state index contributed by atoms with van der Waals surface area (Å²) in [5.41, 5.74) is 2.38. The van der Waals surface area contributed by atoms with Gasteiger partial charge >= 0.3 is 0 Å². The van der Waals surface area contributed by atoms with Crippen molar-refractivity contribution in [3.63, 3.8) is 0 Å². The predicted molar refractivity (Wildman–Crippen MR) is 100 cm³/mol. The van der Waals surface area contributed by atoms with Crippen molar-refractivity contribution in [2.24, 2.45) is 0 Å². The molecule has 0 atom stereocenters. The third-order valence-electron chi connectivity index (χ3n) is 5.07. The Labute approximate surface area is 150 Å². The lowest BCUT2D eigenvalue weighted by molar-refractivity contribution is 0.301. The van der Waals surface area contributed by atoms with Crippen molar-refractivity contribution in [1.29, 1.82) is 0 Å². The zero-order valence-corrected chi connectivity index (χ0v) is 14.8. The smallest absolute Gasteiger partial charge is 0.164 e. The summed E-state index contributed by atoms with van der Waals surface area (Å²) >= 11 is 1.82. The van der Waals surface area contributed by atoms with E-state index in [0.717, 1.165) is 34.9 Å². The van der Waals surface area contributed by atoms with Gasteiger partial charge in [0.15, 0.2) is 5.82 Å². The SMILES string of the molecule is OCCN(c1nc(-c2cccnc2)nc2sc3c(c12)CCC3)C1CC1. The first kappa shape index (κ1) is 15.2. The van der Waals surface area contributed by atoms with E-state index in [2.05, 4.69) is 9.88 Å². The molecule has 0 spiro atoms. The summed E-state index contributed by atoms with van der Waals surface area (Å²) in [5.74, 6) is 1.75. The topological polar surface area (TPSA) is 62.1 Å². The maximum Gasteiger partial charge on any atom is 0.164 e. The molecule has 6 heteroatoms. The van der Waals surface area contributed by atoms with Crippen LogP contribution in [0.25, 0.3) is 21.6 Å². The van der Waals surface area contributed by atoms with Crippen LogP contribution < -0.4 is 4.90 Å². The van der Waals surface area contributed by atoms with Gasteiger partial charge in [0.1, 0.15) is 10.6 Å². The Morgan fingerprint density at radius 1 is 1.24 bits per heavy atom. The van der Waals surface area contributed by atoms with Crippen molar-refractivity contribution in [3.05, 3.63) is 35.0 Å². The Kier molecular flexibility index (Phi) is 3.68. The lowest BCUT2D eigenvalue weighted by Crippen LogP contribution is -2.30. The van der Waals surface area contributed by atoms with Gasteiger partial charge in [0.2, 0.25) is 0 Å². The molecular formula is C19H20N4OS. The number of aromatic nitrogens is 3. The van der Waals surface area contributed by atoms with E-state index >= 15 is 0 Å². The van der Waals surface area contributed by atoms with Gasteiger partial charge in [-0.3, -0.25) is 4.98 Å². The highest BCUT2D eigenvalue weighted by Crippen LogP contribution is 2.43. The van der Waals surface area contributed by atoms with Gasteiger partial charge < -0.3 is 10.0 Å². The molecule has 0 unspecified atom stereocenters. The first-order valence-electron chi connectivity index (χ1n) is 8.95. The van der Waals surface area contributed by atoms with Gasteiger partial charge in [-0.05, 0) is 49.8 Å². The lowest BCUT2D eigenvalue weighted by Gasteiger charge is -2.24. The van der Waals surface area contributed by atoms with Gasteiger partial charge in [-0.2, -0.15) is 0 Å². The Hall–Kier alpha value is -2.05. The average Bonchev–Trinajstić information content (AvgIpc) is 3.28. The van der Waals surface area contributed by atoms with Crippen molar-refractivity contribution >= 4 is 27.4 Å². The number of hydrogen-bond donors (Lipinski definition) is 1. The second-order valence-electron chi connectivity index (χ2n) is 6.80. The summed E-state index contributed by atoms with van der Waals surface area (Å²) in [4.78, 5) is 18.9. The van der Waals surface area contributed by atoms with Crippen molar-refractivity contribution in [1.82, 2.24) is 15.0 Å². The minimum Gasteiger partial charge on any atom is -0.395 e. The Bertz CT molecular complexity index is 920. The highest BCUT2D eigenvalue weighted by molar-refractivity contribution is 7.19. The van der Waals surface area contributed by atoms with Gasteiger partial charge in [0.25, 0.3) is 0 Å². The summed E-state index contributed by atoms with van der Waals surface area (Å²) in [7, 11) is 0. The van der Waals surface area contributed by atoms with Crippen LogP contribution in [-0.2, 0) is 12.8 Å². The van der Waals surface area contributed by atoms with Crippen LogP contribution in [0.15, 0.2) is 24.5 Å². The zero-order valence-electron chi connectivity index (χ0n) is 14.0. The number of aliphatic hydroxyl groups is 1. The fourth-order valence-corrected chi connectivity index (χ4v) is 5.02. The normalized spacial score (nSPS) is 16.4. The van der Waals surface area contributed by atoms with Crippen LogP contribution in [0.1, 0.15) is 29.7 Å². The van der Waals surface area contributed by atoms with Crippen LogP contribution in [0.5, 0.6) is 0 Å². The fourth-order valence-electron chi connectivity index (χ4n) is 3.76. The third-order valence-corrected chi connectivity index (χ3v) is 6.25. The molecule has 0 aliphatic heterocycles. The number of hydrogen-bond acceptors (Lipinski definition) is 6. The number of nitrogens with zero attached hydrogens (tertiary/aromatic N) is 4. The molecule has 1 N–H and O–H groups in total. The molecule has 25 heavy (non-hydrogen) atoms. The number of pyridine rings is 1. The number of anilines is 1. The number of thiophene rings is 1. The van der Waals surface area contributed by atoms with Crippen LogP contribution in [0, 0.1) is 0 Å². The number of fused-ring (bicyclic) bond motifs is 3. The molecule has 3 aromatic heterocycles. The standard InChI is InChI=1S/C19H20N4OS/c24-10-9-23(13-6-7-13)18-16-14-4-1-5-15(14)25-19(16)22-17(21-18)12-3-2-8-20-11-12/h2-3,8,11,13,24H,1,4-7,9-10H2. The molecule has 5 nitrogen and oxygen atoms in total.